The Hall–Kier alpha value is -1.23. The van der Waals surface area contributed by atoms with Crippen LogP contribution < -0.4 is 0 Å². The Morgan fingerprint density at radius 2 is 2.38 bits per heavy atom. The highest BCUT2D eigenvalue weighted by Crippen LogP contribution is 2.13. The average Bonchev–Trinajstić information content (AvgIpc) is 2.63. The van der Waals surface area contributed by atoms with Gasteiger partial charge in [-0.3, -0.25) is 9.59 Å². The first-order valence-electron chi connectivity index (χ1n) is 3.93. The number of carbonyl (C=O) groups is 2. The van der Waals surface area contributed by atoms with Crippen LogP contribution in [0.2, 0.25) is 0 Å². The molecule has 0 aliphatic carbocycles. The Labute approximate surface area is 79.2 Å². The Bertz CT molecular complexity index is 334. The Morgan fingerprint density at radius 1 is 1.54 bits per heavy atom. The first-order chi connectivity index (χ1) is 6.25. The number of hydrogen-bond donors (Lipinski definition) is 0. The van der Waals surface area contributed by atoms with Crippen molar-refractivity contribution in [3.05, 3.63) is 16.6 Å². The lowest BCUT2D eigenvalue weighted by atomic mass is 10.3. The maximum Gasteiger partial charge on any atom is 0.230 e. The van der Waals surface area contributed by atoms with Crippen LogP contribution in [0.25, 0.3) is 0 Å². The number of rotatable bonds is 2. The lowest BCUT2D eigenvalue weighted by Crippen LogP contribution is -2.24. The summed E-state index contributed by atoms with van der Waals surface area (Å²) >= 11 is 1.50. The molecule has 0 N–H and O–H groups in total. The summed E-state index contributed by atoms with van der Waals surface area (Å²) in [5.74, 6) is -0.0817. The monoisotopic (exact) mass is 196 g/mol. The van der Waals surface area contributed by atoms with Crippen molar-refractivity contribution in [2.24, 2.45) is 0 Å². The minimum absolute atomic E-state index is 0.00144. The number of likely N-dealkylation sites (tertiary alicyclic amines) is 1. The smallest absolute Gasteiger partial charge is 0.230 e. The van der Waals surface area contributed by atoms with E-state index in [1.54, 1.807) is 11.1 Å². The molecule has 0 bridgehead atoms. The molecule has 0 atom stereocenters. The van der Waals surface area contributed by atoms with E-state index in [9.17, 15) is 9.59 Å². The van der Waals surface area contributed by atoms with Crippen molar-refractivity contribution in [2.75, 3.05) is 6.54 Å². The molecular weight excluding hydrogens is 188 g/mol. The molecule has 0 unspecified atom stereocenters. The van der Waals surface area contributed by atoms with Gasteiger partial charge in [0.05, 0.1) is 19.5 Å². The summed E-state index contributed by atoms with van der Waals surface area (Å²) in [6.07, 6.45) is 1.76. The predicted octanol–water partition coefficient (Wildman–Crippen LogP) is 0.444. The van der Waals surface area contributed by atoms with E-state index in [1.807, 2.05) is 5.38 Å². The minimum atomic E-state index is -0.0831. The average molecular weight is 196 g/mol. The molecule has 2 rings (SSSR count). The first-order valence-corrected chi connectivity index (χ1v) is 4.81. The maximum atomic E-state index is 11.2. The van der Waals surface area contributed by atoms with E-state index in [-0.39, 0.29) is 24.7 Å². The molecule has 1 aromatic heterocycles. The van der Waals surface area contributed by atoms with Crippen LogP contribution in [0.1, 0.15) is 11.4 Å². The molecule has 1 aliphatic rings. The van der Waals surface area contributed by atoms with Crippen molar-refractivity contribution < 1.29 is 9.59 Å². The molecule has 5 heteroatoms. The van der Waals surface area contributed by atoms with Gasteiger partial charge in [0.15, 0.2) is 5.78 Å². The third kappa shape index (κ3) is 1.75. The SMILES string of the molecule is O=C1CC(=O)N(Cc2nccs2)C1. The van der Waals surface area contributed by atoms with Gasteiger partial charge in [0.25, 0.3) is 0 Å². The second-order valence-electron chi connectivity index (χ2n) is 2.89. The second kappa shape index (κ2) is 3.26. The van der Waals surface area contributed by atoms with Gasteiger partial charge >= 0.3 is 0 Å². The molecule has 0 aromatic carbocycles. The van der Waals surface area contributed by atoms with Gasteiger partial charge in [-0.2, -0.15) is 0 Å². The van der Waals surface area contributed by atoms with E-state index in [1.165, 1.54) is 11.3 Å². The molecule has 1 aromatic rings. The molecular formula is C8H8N2O2S. The Morgan fingerprint density at radius 3 is 2.92 bits per heavy atom. The van der Waals surface area contributed by atoms with Gasteiger partial charge in [-0.05, 0) is 0 Å². The highest BCUT2D eigenvalue weighted by Gasteiger charge is 2.27. The van der Waals surface area contributed by atoms with Crippen LogP contribution in [-0.2, 0) is 16.1 Å². The summed E-state index contributed by atoms with van der Waals surface area (Å²) in [6.45, 7) is 0.723. The van der Waals surface area contributed by atoms with Crippen LogP contribution >= 0.6 is 11.3 Å². The second-order valence-corrected chi connectivity index (χ2v) is 3.87. The van der Waals surface area contributed by atoms with Gasteiger partial charge in [0.2, 0.25) is 5.91 Å². The molecule has 1 amide bonds. The van der Waals surface area contributed by atoms with Crippen LogP contribution in [-0.4, -0.2) is 28.1 Å². The zero-order valence-electron chi connectivity index (χ0n) is 6.90. The summed E-state index contributed by atoms with van der Waals surface area (Å²) in [5.41, 5.74) is 0. The standard InChI is InChI=1S/C8H8N2O2S/c11-6-3-8(12)10(4-6)5-7-9-1-2-13-7/h1-2H,3-5H2. The van der Waals surface area contributed by atoms with E-state index >= 15 is 0 Å². The zero-order chi connectivity index (χ0) is 9.26. The fraction of sp³-hybridized carbons (Fsp3) is 0.375. The van der Waals surface area contributed by atoms with E-state index < -0.39 is 0 Å². The number of aromatic nitrogens is 1. The Balaban J connectivity index is 2.03. The quantitative estimate of drug-likeness (QED) is 0.645. The van der Waals surface area contributed by atoms with Gasteiger partial charge in [0.1, 0.15) is 5.01 Å². The molecule has 2 heterocycles. The number of Topliss-reactive ketones (excluding diaryl/α,β-unsaturated/α-hetero) is 1. The van der Waals surface area contributed by atoms with Crippen LogP contribution in [0.15, 0.2) is 11.6 Å². The number of ketones is 1. The lowest BCUT2D eigenvalue weighted by Gasteiger charge is -2.11. The molecule has 0 radical (unpaired) electrons. The number of thiazole rings is 1. The van der Waals surface area contributed by atoms with Crippen LogP contribution in [0.5, 0.6) is 0 Å². The minimum Gasteiger partial charge on any atom is -0.328 e. The normalized spacial score (nSPS) is 17.1. The summed E-state index contributed by atoms with van der Waals surface area (Å²) in [5, 5.41) is 2.74. The molecule has 4 nitrogen and oxygen atoms in total. The molecule has 68 valence electrons. The summed E-state index contributed by atoms with van der Waals surface area (Å²) < 4.78 is 0. The van der Waals surface area contributed by atoms with Crippen LogP contribution in [0.4, 0.5) is 0 Å². The van der Waals surface area contributed by atoms with Crippen molar-refractivity contribution in [3.63, 3.8) is 0 Å². The fourth-order valence-corrected chi connectivity index (χ4v) is 1.91. The van der Waals surface area contributed by atoms with Crippen molar-refractivity contribution >= 4 is 23.0 Å². The molecule has 1 aliphatic heterocycles. The van der Waals surface area contributed by atoms with Crippen LogP contribution in [0.3, 0.4) is 0 Å². The number of amides is 1. The van der Waals surface area contributed by atoms with Crippen molar-refractivity contribution in [1.82, 2.24) is 9.88 Å². The summed E-state index contributed by atoms with van der Waals surface area (Å²) in [6, 6.07) is 0. The highest BCUT2D eigenvalue weighted by atomic mass is 32.1. The zero-order valence-corrected chi connectivity index (χ0v) is 7.71. The summed E-state index contributed by atoms with van der Waals surface area (Å²) in [4.78, 5) is 27.7. The number of carbonyl (C=O) groups excluding carboxylic acids is 2. The van der Waals surface area contributed by atoms with E-state index in [0.717, 1.165) is 5.01 Å². The van der Waals surface area contributed by atoms with Gasteiger partial charge in [-0.1, -0.05) is 0 Å². The van der Waals surface area contributed by atoms with Crippen molar-refractivity contribution in [1.29, 1.82) is 0 Å². The Kier molecular flexibility index (Phi) is 2.10. The lowest BCUT2D eigenvalue weighted by molar-refractivity contribution is -0.128. The first kappa shape index (κ1) is 8.37. The third-order valence-corrected chi connectivity index (χ3v) is 2.64. The maximum absolute atomic E-state index is 11.2. The van der Waals surface area contributed by atoms with Gasteiger partial charge in [-0.15, -0.1) is 11.3 Å². The van der Waals surface area contributed by atoms with Gasteiger partial charge < -0.3 is 4.90 Å². The van der Waals surface area contributed by atoms with Crippen LogP contribution in [0, 0.1) is 0 Å². The number of hydrogen-bond acceptors (Lipinski definition) is 4. The molecule has 1 saturated heterocycles. The fourth-order valence-electron chi connectivity index (χ4n) is 1.28. The van der Waals surface area contributed by atoms with E-state index in [4.69, 9.17) is 0 Å². The van der Waals surface area contributed by atoms with Crippen molar-refractivity contribution in [2.45, 2.75) is 13.0 Å². The third-order valence-electron chi connectivity index (χ3n) is 1.88. The largest absolute Gasteiger partial charge is 0.328 e. The predicted molar refractivity (Wildman–Crippen MR) is 47.2 cm³/mol. The molecule has 13 heavy (non-hydrogen) atoms. The molecule has 0 saturated carbocycles. The van der Waals surface area contributed by atoms with Gasteiger partial charge in [0, 0.05) is 11.6 Å². The van der Waals surface area contributed by atoms with E-state index in [0.29, 0.717) is 6.54 Å². The van der Waals surface area contributed by atoms with Crippen molar-refractivity contribution in [3.8, 4) is 0 Å². The van der Waals surface area contributed by atoms with E-state index in [2.05, 4.69) is 4.98 Å². The van der Waals surface area contributed by atoms with Gasteiger partial charge in [-0.25, -0.2) is 4.98 Å². The number of nitrogens with zero attached hydrogens (tertiary/aromatic N) is 2. The summed E-state index contributed by atoms with van der Waals surface area (Å²) in [7, 11) is 0. The topological polar surface area (TPSA) is 50.3 Å². The molecule has 0 spiro atoms. The molecule has 1 fully saturated rings. The highest BCUT2D eigenvalue weighted by molar-refractivity contribution is 7.09.